The third-order valence-corrected chi connectivity index (χ3v) is 7.43. The Hall–Kier alpha value is -2.36. The van der Waals surface area contributed by atoms with Gasteiger partial charge in [0.05, 0.1) is 5.25 Å². The maximum absolute atomic E-state index is 13.4. The van der Waals surface area contributed by atoms with Crippen molar-refractivity contribution in [3.05, 3.63) is 99.7 Å². The number of fused-ring (bicyclic) bond motifs is 4. The Kier molecular flexibility index (Phi) is 3.73. The molecule has 0 saturated heterocycles. The van der Waals surface area contributed by atoms with Crippen molar-refractivity contribution >= 4 is 33.2 Å². The van der Waals surface area contributed by atoms with E-state index in [0.29, 0.717) is 0 Å². The van der Waals surface area contributed by atoms with Crippen molar-refractivity contribution in [2.45, 2.75) is 17.1 Å². The van der Waals surface area contributed by atoms with Gasteiger partial charge in [-0.2, -0.15) is 0 Å². The highest BCUT2D eigenvalue weighted by atomic mass is 32.2. The monoisotopic (exact) mass is 372 g/mol. The standard InChI is InChI=1S/C23H16OS2/c1-14-10-12-15(13-11-14)22-20-21(24)16-6-2-4-8-18(16)26-23(20)17-7-3-5-9-19(17)25-22/h2-13,22H,1H3/t22-/m1/s1. The second-order valence-corrected chi connectivity index (χ2v) is 8.77. The van der Waals surface area contributed by atoms with Gasteiger partial charge in [0.1, 0.15) is 0 Å². The molecule has 0 saturated carbocycles. The number of rotatable bonds is 1. The van der Waals surface area contributed by atoms with E-state index in [1.807, 2.05) is 24.3 Å². The molecule has 1 aromatic heterocycles. The maximum Gasteiger partial charge on any atom is 0.193 e. The van der Waals surface area contributed by atoms with E-state index < -0.39 is 0 Å². The van der Waals surface area contributed by atoms with Crippen LogP contribution in [-0.4, -0.2) is 0 Å². The molecule has 3 aromatic carbocycles. The molecule has 1 aliphatic rings. The number of thioether (sulfide) groups is 1. The molecule has 126 valence electrons. The highest BCUT2D eigenvalue weighted by molar-refractivity contribution is 8.00. The second-order valence-electron chi connectivity index (χ2n) is 6.57. The summed E-state index contributed by atoms with van der Waals surface area (Å²) in [5.41, 5.74) is 4.71. The summed E-state index contributed by atoms with van der Waals surface area (Å²) in [5.74, 6) is 0. The molecule has 3 heteroatoms. The van der Waals surface area contributed by atoms with Gasteiger partial charge < -0.3 is 0 Å². The van der Waals surface area contributed by atoms with Crippen LogP contribution in [0, 0.1) is 6.92 Å². The third-order valence-electron chi connectivity index (χ3n) is 4.85. The van der Waals surface area contributed by atoms with E-state index in [2.05, 4.69) is 55.5 Å². The van der Waals surface area contributed by atoms with Crippen LogP contribution in [0.3, 0.4) is 0 Å². The lowest BCUT2D eigenvalue weighted by Gasteiger charge is -2.27. The first-order valence-electron chi connectivity index (χ1n) is 8.61. The summed E-state index contributed by atoms with van der Waals surface area (Å²) in [7, 11) is 0. The Balaban J connectivity index is 1.86. The quantitative estimate of drug-likeness (QED) is 0.383. The third kappa shape index (κ3) is 2.43. The summed E-state index contributed by atoms with van der Waals surface area (Å²) in [6.45, 7) is 2.09. The van der Waals surface area contributed by atoms with Crippen LogP contribution in [0.15, 0.2) is 82.5 Å². The summed E-state index contributed by atoms with van der Waals surface area (Å²) in [5, 5.41) is 0.863. The average molecular weight is 373 g/mol. The fourth-order valence-electron chi connectivity index (χ4n) is 3.51. The molecule has 1 nitrogen and oxygen atoms in total. The van der Waals surface area contributed by atoms with Gasteiger partial charge >= 0.3 is 0 Å². The van der Waals surface area contributed by atoms with Gasteiger partial charge in [0, 0.05) is 31.0 Å². The summed E-state index contributed by atoms with van der Waals surface area (Å²) < 4.78 is 1.06. The molecule has 0 aliphatic carbocycles. The first-order valence-corrected chi connectivity index (χ1v) is 10.3. The van der Waals surface area contributed by atoms with E-state index in [0.717, 1.165) is 20.5 Å². The molecule has 0 unspecified atom stereocenters. The van der Waals surface area contributed by atoms with Gasteiger partial charge in [-0.1, -0.05) is 60.2 Å². The molecule has 0 radical (unpaired) electrons. The zero-order chi connectivity index (χ0) is 17.7. The summed E-state index contributed by atoms with van der Waals surface area (Å²) >= 11 is 3.52. The Morgan fingerprint density at radius 1 is 0.846 bits per heavy atom. The predicted molar refractivity (Wildman–Crippen MR) is 112 cm³/mol. The molecule has 0 bridgehead atoms. The van der Waals surface area contributed by atoms with Crippen LogP contribution >= 0.6 is 23.1 Å². The van der Waals surface area contributed by atoms with Gasteiger partial charge in [-0.15, -0.1) is 23.1 Å². The number of hydrogen-bond acceptors (Lipinski definition) is 3. The lowest BCUT2D eigenvalue weighted by molar-refractivity contribution is 1.13. The van der Waals surface area contributed by atoms with Gasteiger partial charge in [-0.3, -0.25) is 4.79 Å². The molecule has 0 amide bonds. The summed E-state index contributed by atoms with van der Waals surface area (Å²) in [6.07, 6.45) is 0. The molecule has 4 aromatic rings. The van der Waals surface area contributed by atoms with Crippen LogP contribution in [-0.2, 0) is 0 Å². The Labute approximate surface area is 160 Å². The fraction of sp³-hybridized carbons (Fsp3) is 0.0870. The van der Waals surface area contributed by atoms with Crippen molar-refractivity contribution in [2.24, 2.45) is 0 Å². The molecular formula is C23H16OS2. The lowest BCUT2D eigenvalue weighted by atomic mass is 9.98. The zero-order valence-electron chi connectivity index (χ0n) is 14.2. The summed E-state index contributed by atoms with van der Waals surface area (Å²) in [6, 6.07) is 25.0. The van der Waals surface area contributed by atoms with Gasteiger partial charge in [0.25, 0.3) is 0 Å². The van der Waals surface area contributed by atoms with E-state index in [9.17, 15) is 4.79 Å². The normalized spacial score (nSPS) is 15.5. The topological polar surface area (TPSA) is 17.1 Å². The minimum Gasteiger partial charge on any atom is -0.289 e. The minimum absolute atomic E-state index is 0.0360. The SMILES string of the molecule is Cc1ccc([C@H]2Sc3ccccc3-c3sc4ccccc4c(=O)c32)cc1. The van der Waals surface area contributed by atoms with E-state index in [1.54, 1.807) is 23.1 Å². The van der Waals surface area contributed by atoms with Crippen molar-refractivity contribution < 1.29 is 0 Å². The Morgan fingerprint density at radius 3 is 2.42 bits per heavy atom. The van der Waals surface area contributed by atoms with Crippen molar-refractivity contribution in [3.8, 4) is 10.4 Å². The molecule has 0 fully saturated rings. The molecular weight excluding hydrogens is 356 g/mol. The number of benzene rings is 3. The van der Waals surface area contributed by atoms with Gasteiger partial charge in [0.2, 0.25) is 0 Å². The van der Waals surface area contributed by atoms with Gasteiger partial charge in [-0.25, -0.2) is 0 Å². The van der Waals surface area contributed by atoms with E-state index >= 15 is 0 Å². The maximum atomic E-state index is 13.4. The number of hydrogen-bond donors (Lipinski definition) is 0. The van der Waals surface area contributed by atoms with Crippen molar-refractivity contribution in [1.29, 1.82) is 0 Å². The average Bonchev–Trinajstić information content (AvgIpc) is 2.68. The van der Waals surface area contributed by atoms with E-state index in [-0.39, 0.29) is 10.7 Å². The first-order chi connectivity index (χ1) is 12.7. The Bertz CT molecular complexity index is 1190. The van der Waals surface area contributed by atoms with Crippen molar-refractivity contribution in [3.63, 3.8) is 0 Å². The van der Waals surface area contributed by atoms with Crippen LogP contribution in [0.1, 0.15) is 21.9 Å². The van der Waals surface area contributed by atoms with Crippen molar-refractivity contribution in [2.75, 3.05) is 0 Å². The Morgan fingerprint density at radius 2 is 1.58 bits per heavy atom. The van der Waals surface area contributed by atoms with Crippen LogP contribution in [0.4, 0.5) is 0 Å². The molecule has 5 rings (SSSR count). The van der Waals surface area contributed by atoms with Gasteiger partial charge in [0.15, 0.2) is 5.43 Å². The van der Waals surface area contributed by atoms with E-state index in [4.69, 9.17) is 0 Å². The molecule has 1 aliphatic heterocycles. The largest absolute Gasteiger partial charge is 0.289 e. The summed E-state index contributed by atoms with van der Waals surface area (Å²) in [4.78, 5) is 15.8. The number of aryl methyl sites for hydroxylation is 1. The van der Waals surface area contributed by atoms with Crippen LogP contribution in [0.5, 0.6) is 0 Å². The molecule has 0 N–H and O–H groups in total. The zero-order valence-corrected chi connectivity index (χ0v) is 15.9. The van der Waals surface area contributed by atoms with E-state index in [1.165, 1.54) is 21.6 Å². The smallest absolute Gasteiger partial charge is 0.193 e. The lowest BCUT2D eigenvalue weighted by Crippen LogP contribution is -2.16. The fourth-order valence-corrected chi connectivity index (χ4v) is 6.24. The van der Waals surface area contributed by atoms with Crippen LogP contribution in [0.25, 0.3) is 20.5 Å². The molecule has 0 spiro atoms. The predicted octanol–water partition coefficient (Wildman–Crippen LogP) is 6.43. The molecule has 1 atom stereocenters. The first kappa shape index (κ1) is 15.9. The van der Waals surface area contributed by atoms with Crippen LogP contribution < -0.4 is 5.43 Å². The highest BCUT2D eigenvalue weighted by Crippen LogP contribution is 2.52. The molecule has 26 heavy (non-hydrogen) atoms. The van der Waals surface area contributed by atoms with Crippen molar-refractivity contribution in [1.82, 2.24) is 0 Å². The minimum atomic E-state index is 0.0360. The molecule has 2 heterocycles. The van der Waals surface area contributed by atoms with Gasteiger partial charge in [-0.05, 0) is 30.7 Å². The second kappa shape index (κ2) is 6.11. The van der Waals surface area contributed by atoms with Crippen LogP contribution in [0.2, 0.25) is 0 Å². The highest BCUT2D eigenvalue weighted by Gasteiger charge is 2.30.